The number of aliphatic hydroxyl groups excluding tert-OH is 1. The van der Waals surface area contributed by atoms with E-state index in [1.54, 1.807) is 0 Å². The van der Waals surface area contributed by atoms with Crippen LogP contribution in [-0.2, 0) is 11.2 Å². The van der Waals surface area contributed by atoms with Crippen molar-refractivity contribution in [2.45, 2.75) is 25.0 Å². The molecule has 0 unspecified atom stereocenters. The molecule has 0 saturated carbocycles. The Bertz CT molecular complexity index is 549. The predicted molar refractivity (Wildman–Crippen MR) is 91.2 cm³/mol. The van der Waals surface area contributed by atoms with E-state index in [-0.39, 0.29) is 6.10 Å². The normalized spacial score (nSPS) is 22.7. The Morgan fingerprint density at radius 3 is 2.91 bits per heavy atom. The molecule has 4 heteroatoms. The lowest BCUT2D eigenvalue weighted by Crippen LogP contribution is -2.45. The summed E-state index contributed by atoms with van der Waals surface area (Å²) in [6.07, 6.45) is 7.38. The van der Waals surface area contributed by atoms with Crippen molar-refractivity contribution in [1.29, 1.82) is 0 Å². The number of β-amino-alcohol motifs (C(OH)–C–C–N with tert-alkyl or cyclic N) is 1. The topological polar surface area (TPSA) is 35.9 Å². The van der Waals surface area contributed by atoms with Crippen molar-refractivity contribution in [2.75, 3.05) is 45.9 Å². The molecule has 124 valence electrons. The van der Waals surface area contributed by atoms with Crippen LogP contribution in [0.15, 0.2) is 24.3 Å². The fourth-order valence-electron chi connectivity index (χ4n) is 3.74. The second-order valence-corrected chi connectivity index (χ2v) is 6.45. The molecule has 1 aliphatic carbocycles. The highest BCUT2D eigenvalue weighted by molar-refractivity contribution is 5.34. The maximum atomic E-state index is 10.5. The molecule has 1 fully saturated rings. The van der Waals surface area contributed by atoms with E-state index in [1.165, 1.54) is 11.1 Å². The minimum atomic E-state index is -0.380. The summed E-state index contributed by atoms with van der Waals surface area (Å²) >= 11 is 0. The van der Waals surface area contributed by atoms with Crippen molar-refractivity contribution in [1.82, 2.24) is 9.80 Å². The van der Waals surface area contributed by atoms with Crippen LogP contribution in [0.3, 0.4) is 0 Å². The smallest absolute Gasteiger partial charge is 0.0794 e. The number of aryl methyl sites for hydroxylation is 1. The molecular weight excluding hydrogens is 288 g/mol. The molecule has 2 atom stereocenters. The first-order valence-corrected chi connectivity index (χ1v) is 8.51. The molecule has 3 rings (SSSR count). The molecule has 2 aliphatic rings. The van der Waals surface area contributed by atoms with E-state index >= 15 is 0 Å². The zero-order chi connectivity index (χ0) is 16.1. The Hall–Kier alpha value is -1.38. The minimum absolute atomic E-state index is 0.335. The van der Waals surface area contributed by atoms with Crippen LogP contribution in [-0.4, -0.2) is 66.9 Å². The number of ether oxygens (including phenoxy) is 1. The molecule has 1 aromatic rings. The van der Waals surface area contributed by atoms with Crippen LogP contribution in [0.4, 0.5) is 0 Å². The summed E-state index contributed by atoms with van der Waals surface area (Å²) < 4.78 is 5.36. The summed E-state index contributed by atoms with van der Waals surface area (Å²) in [6.45, 7) is 5.23. The van der Waals surface area contributed by atoms with E-state index in [2.05, 4.69) is 40.0 Å². The number of nitrogens with zero attached hydrogens (tertiary/aromatic N) is 2. The fourth-order valence-corrected chi connectivity index (χ4v) is 3.74. The van der Waals surface area contributed by atoms with E-state index in [9.17, 15) is 5.11 Å². The summed E-state index contributed by atoms with van der Waals surface area (Å²) in [6, 6.07) is 8.93. The van der Waals surface area contributed by atoms with Crippen LogP contribution in [0.5, 0.6) is 0 Å². The van der Waals surface area contributed by atoms with Gasteiger partial charge in [-0.3, -0.25) is 9.80 Å². The van der Waals surface area contributed by atoms with E-state index in [0.717, 1.165) is 39.1 Å². The molecule has 0 bridgehead atoms. The van der Waals surface area contributed by atoms with Gasteiger partial charge in [-0.25, -0.2) is 0 Å². The lowest BCUT2D eigenvalue weighted by atomic mass is 10.1. The van der Waals surface area contributed by atoms with Gasteiger partial charge in [0.15, 0.2) is 0 Å². The Balaban J connectivity index is 1.62. The fraction of sp³-hybridized carbons (Fsp3) is 0.579. The zero-order valence-electron chi connectivity index (χ0n) is 13.7. The number of hydrogen-bond donors (Lipinski definition) is 1. The molecule has 0 aromatic heterocycles. The maximum absolute atomic E-state index is 10.5. The summed E-state index contributed by atoms with van der Waals surface area (Å²) in [5.74, 6) is 2.77. The van der Waals surface area contributed by atoms with Gasteiger partial charge in [0.2, 0.25) is 0 Å². The van der Waals surface area contributed by atoms with Gasteiger partial charge in [0, 0.05) is 32.2 Å². The third-order valence-corrected chi connectivity index (χ3v) is 4.85. The predicted octanol–water partition coefficient (Wildman–Crippen LogP) is 1.30. The first kappa shape index (κ1) is 16.5. The van der Waals surface area contributed by atoms with Crippen molar-refractivity contribution in [3.63, 3.8) is 0 Å². The highest BCUT2D eigenvalue weighted by Crippen LogP contribution is 2.35. The number of aliphatic hydroxyl groups is 1. The lowest BCUT2D eigenvalue weighted by Gasteiger charge is -2.33. The van der Waals surface area contributed by atoms with Crippen LogP contribution in [0.25, 0.3) is 0 Å². The number of terminal acetylenes is 1. The summed E-state index contributed by atoms with van der Waals surface area (Å²) in [7, 11) is 0. The zero-order valence-corrected chi connectivity index (χ0v) is 13.7. The van der Waals surface area contributed by atoms with Gasteiger partial charge in [0.05, 0.1) is 25.9 Å². The molecule has 1 aromatic carbocycles. The molecule has 1 saturated heterocycles. The van der Waals surface area contributed by atoms with E-state index in [1.807, 2.05) is 0 Å². The molecule has 0 radical (unpaired) electrons. The highest BCUT2D eigenvalue weighted by Gasteiger charge is 2.29. The molecule has 1 N–H and O–H groups in total. The first-order chi connectivity index (χ1) is 11.3. The largest absolute Gasteiger partial charge is 0.390 e. The Labute approximate surface area is 139 Å². The van der Waals surface area contributed by atoms with Gasteiger partial charge >= 0.3 is 0 Å². The van der Waals surface area contributed by atoms with Gasteiger partial charge < -0.3 is 9.84 Å². The maximum Gasteiger partial charge on any atom is 0.0794 e. The molecule has 0 amide bonds. The molecule has 1 heterocycles. The second-order valence-electron chi connectivity index (χ2n) is 6.45. The van der Waals surface area contributed by atoms with Gasteiger partial charge in [0.25, 0.3) is 0 Å². The molecule has 0 spiro atoms. The van der Waals surface area contributed by atoms with Crippen molar-refractivity contribution in [3.8, 4) is 12.3 Å². The third-order valence-electron chi connectivity index (χ3n) is 4.85. The Kier molecular flexibility index (Phi) is 5.69. The number of hydrogen-bond acceptors (Lipinski definition) is 4. The van der Waals surface area contributed by atoms with Crippen molar-refractivity contribution in [2.24, 2.45) is 0 Å². The van der Waals surface area contributed by atoms with Crippen LogP contribution in [0, 0.1) is 12.3 Å². The van der Waals surface area contributed by atoms with Crippen molar-refractivity contribution in [3.05, 3.63) is 35.4 Å². The van der Waals surface area contributed by atoms with E-state index < -0.39 is 0 Å². The highest BCUT2D eigenvalue weighted by atomic mass is 16.5. The average molecular weight is 314 g/mol. The summed E-state index contributed by atoms with van der Waals surface area (Å²) in [4.78, 5) is 4.53. The van der Waals surface area contributed by atoms with Gasteiger partial charge in [-0.15, -0.1) is 6.42 Å². The van der Waals surface area contributed by atoms with Gasteiger partial charge in [-0.2, -0.15) is 0 Å². The van der Waals surface area contributed by atoms with Crippen molar-refractivity contribution < 1.29 is 9.84 Å². The molecular formula is C19H26N2O2. The van der Waals surface area contributed by atoms with Gasteiger partial charge in [-0.1, -0.05) is 30.2 Å². The van der Waals surface area contributed by atoms with Crippen LogP contribution < -0.4 is 0 Å². The molecule has 4 nitrogen and oxygen atoms in total. The van der Waals surface area contributed by atoms with Gasteiger partial charge in [-0.05, 0) is 24.0 Å². The van der Waals surface area contributed by atoms with Gasteiger partial charge in [0.1, 0.15) is 0 Å². The molecule has 23 heavy (non-hydrogen) atoms. The standard InChI is InChI=1S/C19H26N2O2/c1-2-9-21(15-17(22)14-20-10-12-23-13-11-20)19-8-7-16-5-3-4-6-18(16)19/h1,3-6,17,19,22H,7-15H2/t17-,19-/m1/s1. The Morgan fingerprint density at radius 1 is 1.35 bits per heavy atom. The SMILES string of the molecule is C#CCN(C[C@H](O)CN1CCOCC1)[C@@H]1CCc2ccccc21. The second kappa shape index (κ2) is 7.94. The minimum Gasteiger partial charge on any atom is -0.390 e. The van der Waals surface area contributed by atoms with E-state index in [0.29, 0.717) is 25.7 Å². The number of benzene rings is 1. The lowest BCUT2D eigenvalue weighted by molar-refractivity contribution is 0.00439. The molecule has 1 aliphatic heterocycles. The third kappa shape index (κ3) is 4.13. The summed E-state index contributed by atoms with van der Waals surface area (Å²) in [5.41, 5.74) is 2.79. The van der Waals surface area contributed by atoms with Crippen LogP contribution >= 0.6 is 0 Å². The van der Waals surface area contributed by atoms with Crippen LogP contribution in [0.2, 0.25) is 0 Å². The number of morpholine rings is 1. The number of fused-ring (bicyclic) bond motifs is 1. The van der Waals surface area contributed by atoms with E-state index in [4.69, 9.17) is 11.2 Å². The summed E-state index contributed by atoms with van der Waals surface area (Å²) in [5, 5.41) is 10.5. The number of rotatable bonds is 6. The first-order valence-electron chi connectivity index (χ1n) is 8.51. The van der Waals surface area contributed by atoms with Crippen LogP contribution in [0.1, 0.15) is 23.6 Å². The quantitative estimate of drug-likeness (QED) is 0.803. The van der Waals surface area contributed by atoms with Crippen molar-refractivity contribution >= 4 is 0 Å². The monoisotopic (exact) mass is 314 g/mol. The average Bonchev–Trinajstić information content (AvgIpc) is 2.99. The Morgan fingerprint density at radius 2 is 2.13 bits per heavy atom.